The van der Waals surface area contributed by atoms with Crippen LogP contribution >= 0.6 is 11.6 Å². The van der Waals surface area contributed by atoms with Gasteiger partial charge in [0.15, 0.2) is 0 Å². The number of piperidine rings is 1. The number of halogens is 1. The maximum atomic E-state index is 12.2. The minimum atomic E-state index is 0.124. The number of rotatable bonds is 6. The van der Waals surface area contributed by atoms with Gasteiger partial charge in [-0.3, -0.25) is 9.69 Å². The van der Waals surface area contributed by atoms with E-state index in [1.165, 1.54) is 12.8 Å². The van der Waals surface area contributed by atoms with E-state index in [0.29, 0.717) is 12.6 Å². The highest BCUT2D eigenvalue weighted by atomic mass is 35.5. The van der Waals surface area contributed by atoms with E-state index < -0.39 is 0 Å². The Morgan fingerprint density at radius 3 is 2.70 bits per heavy atom. The van der Waals surface area contributed by atoms with Crippen LogP contribution in [0.25, 0.3) is 0 Å². The first-order valence-electron chi connectivity index (χ1n) is 8.56. The number of carbonyl (C=O) groups excluding carboxylic acids is 1. The summed E-state index contributed by atoms with van der Waals surface area (Å²) in [6, 6.07) is 8.98. The van der Waals surface area contributed by atoms with Crippen LogP contribution in [0.5, 0.6) is 0 Å². The van der Waals surface area contributed by atoms with Crippen LogP contribution in [0.15, 0.2) is 24.3 Å². The maximum Gasteiger partial charge on any atom is 0.234 e. The van der Waals surface area contributed by atoms with E-state index in [0.717, 1.165) is 49.1 Å². The Morgan fingerprint density at radius 1 is 1.30 bits per heavy atom. The first-order chi connectivity index (χ1) is 11.1. The fourth-order valence-corrected chi connectivity index (χ4v) is 3.58. The quantitative estimate of drug-likeness (QED) is 0.867. The highest BCUT2D eigenvalue weighted by Gasteiger charge is 2.32. The number of likely N-dealkylation sites (N-methyl/N-ethyl adjacent to an activating group) is 1. The van der Waals surface area contributed by atoms with E-state index in [-0.39, 0.29) is 5.91 Å². The van der Waals surface area contributed by atoms with Crippen molar-refractivity contribution in [3.8, 4) is 0 Å². The predicted octanol–water partition coefficient (Wildman–Crippen LogP) is 2.51. The molecule has 0 aromatic heterocycles. The van der Waals surface area contributed by atoms with Gasteiger partial charge in [-0.1, -0.05) is 23.7 Å². The number of hydrogen-bond acceptors (Lipinski definition) is 3. The molecule has 1 aromatic rings. The van der Waals surface area contributed by atoms with Gasteiger partial charge >= 0.3 is 0 Å². The SMILES string of the molecule is CN(CC(=O)NC1CCN(C2CC2)CC1)Cc1cccc(Cl)c1. The van der Waals surface area contributed by atoms with Gasteiger partial charge in [0.2, 0.25) is 5.91 Å². The number of likely N-dealkylation sites (tertiary alicyclic amines) is 1. The lowest BCUT2D eigenvalue weighted by molar-refractivity contribution is -0.123. The molecule has 0 radical (unpaired) electrons. The molecular formula is C18H26ClN3O. The van der Waals surface area contributed by atoms with E-state index in [2.05, 4.69) is 10.2 Å². The van der Waals surface area contributed by atoms with Gasteiger partial charge < -0.3 is 10.2 Å². The van der Waals surface area contributed by atoms with Crippen LogP contribution < -0.4 is 5.32 Å². The number of nitrogens with zero attached hydrogens (tertiary/aromatic N) is 2. The van der Waals surface area contributed by atoms with Gasteiger partial charge in [0.05, 0.1) is 6.54 Å². The van der Waals surface area contributed by atoms with Crippen molar-refractivity contribution in [3.05, 3.63) is 34.9 Å². The number of nitrogens with one attached hydrogen (secondary N) is 1. The number of carbonyl (C=O) groups is 1. The average Bonchev–Trinajstić information content (AvgIpc) is 3.32. The maximum absolute atomic E-state index is 12.2. The third-order valence-corrected chi connectivity index (χ3v) is 4.95. The minimum absolute atomic E-state index is 0.124. The van der Waals surface area contributed by atoms with Crippen LogP contribution in [0.4, 0.5) is 0 Å². The molecule has 5 heteroatoms. The fraction of sp³-hybridized carbons (Fsp3) is 0.611. The molecule has 2 aliphatic rings. The summed E-state index contributed by atoms with van der Waals surface area (Å²) in [5.74, 6) is 0.124. The summed E-state index contributed by atoms with van der Waals surface area (Å²) in [5, 5.41) is 3.93. The van der Waals surface area contributed by atoms with Crippen molar-refractivity contribution in [1.82, 2.24) is 15.1 Å². The fourth-order valence-electron chi connectivity index (χ4n) is 3.37. The van der Waals surface area contributed by atoms with E-state index in [4.69, 9.17) is 11.6 Å². The molecule has 1 aliphatic carbocycles. The highest BCUT2D eigenvalue weighted by molar-refractivity contribution is 6.30. The second kappa shape index (κ2) is 7.65. The molecule has 2 fully saturated rings. The first kappa shape index (κ1) is 16.7. The predicted molar refractivity (Wildman–Crippen MR) is 93.5 cm³/mol. The van der Waals surface area contributed by atoms with Gasteiger partial charge in [0.1, 0.15) is 0 Å². The summed E-state index contributed by atoms with van der Waals surface area (Å²) in [4.78, 5) is 16.8. The van der Waals surface area contributed by atoms with Gasteiger partial charge in [0.25, 0.3) is 0 Å². The zero-order chi connectivity index (χ0) is 16.2. The zero-order valence-corrected chi connectivity index (χ0v) is 14.6. The lowest BCUT2D eigenvalue weighted by Crippen LogP contribution is -2.47. The lowest BCUT2D eigenvalue weighted by atomic mass is 10.0. The van der Waals surface area contributed by atoms with Crippen molar-refractivity contribution in [2.75, 3.05) is 26.7 Å². The summed E-state index contributed by atoms with van der Waals surface area (Å²) in [5.41, 5.74) is 1.13. The Bertz CT molecular complexity index is 539. The Morgan fingerprint density at radius 2 is 2.04 bits per heavy atom. The highest BCUT2D eigenvalue weighted by Crippen LogP contribution is 2.29. The standard InChI is InChI=1S/C18H26ClN3O/c1-21(12-14-3-2-4-15(19)11-14)13-18(23)20-16-7-9-22(10-8-16)17-5-6-17/h2-4,11,16-17H,5-10,12-13H2,1H3,(H,20,23). The Hall–Kier alpha value is -1.10. The van der Waals surface area contributed by atoms with Crippen LogP contribution in [0.1, 0.15) is 31.2 Å². The molecule has 1 aromatic carbocycles. The molecule has 0 unspecified atom stereocenters. The van der Waals surface area contributed by atoms with Crippen molar-refractivity contribution >= 4 is 17.5 Å². The Balaban J connectivity index is 1.38. The van der Waals surface area contributed by atoms with E-state index >= 15 is 0 Å². The third kappa shape index (κ3) is 5.20. The number of amides is 1. The number of benzene rings is 1. The smallest absolute Gasteiger partial charge is 0.234 e. The molecule has 1 saturated heterocycles. The molecule has 3 rings (SSSR count). The topological polar surface area (TPSA) is 35.6 Å². The van der Waals surface area contributed by atoms with E-state index in [9.17, 15) is 4.79 Å². The number of hydrogen-bond donors (Lipinski definition) is 1. The van der Waals surface area contributed by atoms with Crippen molar-refractivity contribution in [2.24, 2.45) is 0 Å². The molecule has 4 nitrogen and oxygen atoms in total. The Kier molecular flexibility index (Phi) is 5.57. The molecule has 0 atom stereocenters. The van der Waals surface area contributed by atoms with Crippen molar-refractivity contribution < 1.29 is 4.79 Å². The normalized spacial score (nSPS) is 20.0. The Labute approximate surface area is 143 Å². The molecule has 1 amide bonds. The van der Waals surface area contributed by atoms with Crippen LogP contribution in [-0.2, 0) is 11.3 Å². The van der Waals surface area contributed by atoms with Crippen LogP contribution in [-0.4, -0.2) is 54.5 Å². The summed E-state index contributed by atoms with van der Waals surface area (Å²) in [6.07, 6.45) is 4.90. The van der Waals surface area contributed by atoms with Crippen LogP contribution in [0, 0.1) is 0 Å². The molecule has 126 valence electrons. The van der Waals surface area contributed by atoms with Crippen molar-refractivity contribution in [3.63, 3.8) is 0 Å². The average molecular weight is 336 g/mol. The second-order valence-electron chi connectivity index (χ2n) is 6.91. The summed E-state index contributed by atoms with van der Waals surface area (Å²) in [6.45, 7) is 3.42. The van der Waals surface area contributed by atoms with E-state index in [1.54, 1.807) is 0 Å². The molecule has 1 N–H and O–H groups in total. The van der Waals surface area contributed by atoms with Crippen molar-refractivity contribution in [1.29, 1.82) is 0 Å². The molecule has 1 heterocycles. The van der Waals surface area contributed by atoms with Gasteiger partial charge in [-0.15, -0.1) is 0 Å². The zero-order valence-electron chi connectivity index (χ0n) is 13.8. The monoisotopic (exact) mass is 335 g/mol. The molecule has 0 bridgehead atoms. The first-order valence-corrected chi connectivity index (χ1v) is 8.94. The van der Waals surface area contributed by atoms with Gasteiger partial charge in [-0.2, -0.15) is 0 Å². The van der Waals surface area contributed by atoms with Gasteiger partial charge in [-0.05, 0) is 50.4 Å². The molecular weight excluding hydrogens is 310 g/mol. The van der Waals surface area contributed by atoms with Crippen LogP contribution in [0.2, 0.25) is 5.02 Å². The largest absolute Gasteiger partial charge is 0.352 e. The summed E-state index contributed by atoms with van der Waals surface area (Å²) in [7, 11) is 1.97. The van der Waals surface area contributed by atoms with Gasteiger partial charge in [-0.25, -0.2) is 0 Å². The van der Waals surface area contributed by atoms with Crippen molar-refractivity contribution in [2.45, 2.75) is 44.3 Å². The van der Waals surface area contributed by atoms with E-state index in [1.807, 2.05) is 36.2 Å². The molecule has 0 spiro atoms. The second-order valence-corrected chi connectivity index (χ2v) is 7.35. The summed E-state index contributed by atoms with van der Waals surface area (Å²) >= 11 is 6.00. The summed E-state index contributed by atoms with van der Waals surface area (Å²) < 4.78 is 0. The van der Waals surface area contributed by atoms with Gasteiger partial charge in [0, 0.05) is 36.7 Å². The molecule has 23 heavy (non-hydrogen) atoms. The molecule has 1 aliphatic heterocycles. The van der Waals surface area contributed by atoms with Crippen LogP contribution in [0.3, 0.4) is 0 Å². The molecule has 1 saturated carbocycles. The minimum Gasteiger partial charge on any atom is -0.352 e. The lowest BCUT2D eigenvalue weighted by Gasteiger charge is -2.32. The third-order valence-electron chi connectivity index (χ3n) is 4.71.